The van der Waals surface area contributed by atoms with Gasteiger partial charge in [0.25, 0.3) is 0 Å². The highest BCUT2D eigenvalue weighted by atomic mass is 32.1. The van der Waals surface area contributed by atoms with Gasteiger partial charge in [-0.1, -0.05) is 30.3 Å². The van der Waals surface area contributed by atoms with E-state index >= 15 is 0 Å². The first kappa shape index (κ1) is 19.5. The van der Waals surface area contributed by atoms with Crippen LogP contribution in [0, 0.1) is 19.8 Å². The number of hydrogen-bond acceptors (Lipinski definition) is 5. The minimum atomic E-state index is 0.0930. The molecule has 5 rings (SSSR count). The number of benzene rings is 1. The maximum atomic E-state index is 12.9. The molecule has 0 radical (unpaired) electrons. The second-order valence-electron chi connectivity index (χ2n) is 8.79. The van der Waals surface area contributed by atoms with Gasteiger partial charge < -0.3 is 10.2 Å². The van der Waals surface area contributed by atoms with Crippen LogP contribution in [0.15, 0.2) is 36.7 Å². The molecule has 1 amide bonds. The van der Waals surface area contributed by atoms with E-state index in [1.54, 1.807) is 17.7 Å². The zero-order valence-corrected chi connectivity index (χ0v) is 18.5. The van der Waals surface area contributed by atoms with Crippen molar-refractivity contribution in [3.05, 3.63) is 52.7 Å². The Hall–Kier alpha value is -2.47. The van der Waals surface area contributed by atoms with E-state index in [1.807, 2.05) is 0 Å². The van der Waals surface area contributed by atoms with Crippen molar-refractivity contribution in [2.45, 2.75) is 44.9 Å². The van der Waals surface area contributed by atoms with Crippen LogP contribution >= 0.6 is 11.3 Å². The summed E-state index contributed by atoms with van der Waals surface area (Å²) in [6, 6.07) is 10.6. The van der Waals surface area contributed by atoms with Gasteiger partial charge in [0.2, 0.25) is 5.91 Å². The van der Waals surface area contributed by atoms with Crippen molar-refractivity contribution in [3.63, 3.8) is 0 Å². The maximum Gasteiger partial charge on any atom is 0.223 e. The van der Waals surface area contributed by atoms with Crippen molar-refractivity contribution in [1.29, 1.82) is 0 Å². The van der Waals surface area contributed by atoms with Crippen LogP contribution in [0.25, 0.3) is 10.2 Å². The molecular weight excluding hydrogens is 392 g/mol. The number of rotatable bonds is 5. The summed E-state index contributed by atoms with van der Waals surface area (Å²) in [4.78, 5) is 26.6. The van der Waals surface area contributed by atoms with Crippen molar-refractivity contribution >= 4 is 33.3 Å². The summed E-state index contributed by atoms with van der Waals surface area (Å²) in [5.41, 5.74) is 2.80. The Balaban J connectivity index is 1.21. The molecule has 1 aliphatic carbocycles. The smallest absolute Gasteiger partial charge is 0.223 e. The molecule has 1 aliphatic heterocycles. The lowest BCUT2D eigenvalue weighted by Gasteiger charge is -2.32. The molecule has 1 N–H and O–H groups in total. The van der Waals surface area contributed by atoms with Crippen LogP contribution in [0.1, 0.15) is 41.7 Å². The standard InChI is InChI=1S/C24H28N4OS/c1-16-17(2)30-23-20(16)21(26-15-27-23)28-12-8-18(9-13-28)22(29)25-14-24(10-11-24)19-6-4-3-5-7-19/h3-7,15,18H,8-14H2,1-2H3,(H,25,29). The molecule has 0 bridgehead atoms. The number of piperidine rings is 1. The Morgan fingerprint density at radius 3 is 2.60 bits per heavy atom. The number of anilines is 1. The Labute approximate surface area is 181 Å². The molecule has 2 fully saturated rings. The van der Waals surface area contributed by atoms with Crippen molar-refractivity contribution < 1.29 is 4.79 Å². The summed E-state index contributed by atoms with van der Waals surface area (Å²) in [6.07, 6.45) is 5.75. The summed E-state index contributed by atoms with van der Waals surface area (Å²) in [5, 5.41) is 4.45. The molecule has 0 spiro atoms. The number of amides is 1. The fourth-order valence-corrected chi connectivity index (χ4v) is 5.66. The fourth-order valence-electron chi connectivity index (χ4n) is 4.67. The number of carbonyl (C=O) groups is 1. The molecule has 2 aliphatic rings. The average Bonchev–Trinajstić information content (AvgIpc) is 3.53. The molecule has 1 saturated carbocycles. The number of thiophene rings is 1. The third kappa shape index (κ3) is 3.47. The number of nitrogens with one attached hydrogen (secondary N) is 1. The van der Waals surface area contributed by atoms with Gasteiger partial charge in [-0.05, 0) is 50.7 Å². The van der Waals surface area contributed by atoms with Gasteiger partial charge in [0.1, 0.15) is 17.0 Å². The first-order valence-corrected chi connectivity index (χ1v) is 11.7. The first-order chi connectivity index (χ1) is 14.6. The number of hydrogen-bond donors (Lipinski definition) is 1. The zero-order chi connectivity index (χ0) is 20.7. The third-order valence-electron chi connectivity index (χ3n) is 6.95. The minimum absolute atomic E-state index is 0.0930. The van der Waals surface area contributed by atoms with E-state index in [-0.39, 0.29) is 17.2 Å². The van der Waals surface area contributed by atoms with E-state index < -0.39 is 0 Å². The number of aromatic nitrogens is 2. The lowest BCUT2D eigenvalue weighted by Crippen LogP contribution is -2.42. The summed E-state index contributed by atoms with van der Waals surface area (Å²) >= 11 is 1.73. The molecule has 156 valence electrons. The summed E-state index contributed by atoms with van der Waals surface area (Å²) < 4.78 is 0. The molecule has 5 nitrogen and oxygen atoms in total. The molecule has 2 aromatic heterocycles. The molecule has 1 aromatic carbocycles. The highest BCUT2D eigenvalue weighted by Gasteiger charge is 2.44. The van der Waals surface area contributed by atoms with Crippen LogP contribution in [0.2, 0.25) is 0 Å². The largest absolute Gasteiger partial charge is 0.356 e. The highest BCUT2D eigenvalue weighted by molar-refractivity contribution is 7.18. The van der Waals surface area contributed by atoms with Gasteiger partial charge in [0.05, 0.1) is 5.39 Å². The molecular formula is C24H28N4OS. The Kier molecular flexibility index (Phi) is 4.97. The van der Waals surface area contributed by atoms with E-state index in [9.17, 15) is 4.79 Å². The van der Waals surface area contributed by atoms with E-state index in [4.69, 9.17) is 0 Å². The van der Waals surface area contributed by atoms with Gasteiger partial charge in [-0.3, -0.25) is 4.79 Å². The predicted molar refractivity (Wildman–Crippen MR) is 122 cm³/mol. The van der Waals surface area contributed by atoms with Crippen molar-refractivity contribution in [2.24, 2.45) is 5.92 Å². The first-order valence-electron chi connectivity index (χ1n) is 10.9. The van der Waals surface area contributed by atoms with Crippen molar-refractivity contribution in [2.75, 3.05) is 24.5 Å². The van der Waals surface area contributed by atoms with Crippen LogP contribution < -0.4 is 10.2 Å². The average molecular weight is 421 g/mol. The molecule has 3 aromatic rings. The predicted octanol–water partition coefficient (Wildman–Crippen LogP) is 4.37. The number of carbonyl (C=O) groups excluding carboxylic acids is 1. The summed E-state index contributed by atoms with van der Waals surface area (Å²) in [5.74, 6) is 1.34. The minimum Gasteiger partial charge on any atom is -0.356 e. The lowest BCUT2D eigenvalue weighted by atomic mass is 9.93. The van der Waals surface area contributed by atoms with Crippen molar-refractivity contribution in [3.8, 4) is 0 Å². The van der Waals surface area contributed by atoms with Gasteiger partial charge in [-0.2, -0.15) is 0 Å². The normalized spacial score (nSPS) is 18.5. The quantitative estimate of drug-likeness (QED) is 0.666. The monoisotopic (exact) mass is 420 g/mol. The van der Waals surface area contributed by atoms with Crippen LogP contribution in [0.5, 0.6) is 0 Å². The second kappa shape index (κ2) is 7.65. The van der Waals surface area contributed by atoms with Crippen molar-refractivity contribution in [1.82, 2.24) is 15.3 Å². The number of fused-ring (bicyclic) bond motifs is 1. The van der Waals surface area contributed by atoms with Crippen LogP contribution in [0.3, 0.4) is 0 Å². The van der Waals surface area contributed by atoms with Crippen LogP contribution in [0.4, 0.5) is 5.82 Å². The Morgan fingerprint density at radius 2 is 1.90 bits per heavy atom. The zero-order valence-electron chi connectivity index (χ0n) is 17.6. The lowest BCUT2D eigenvalue weighted by molar-refractivity contribution is -0.125. The SMILES string of the molecule is Cc1sc2ncnc(N3CCC(C(=O)NCC4(c5ccccc5)CC4)CC3)c2c1C. The van der Waals surface area contributed by atoms with E-state index in [2.05, 4.69) is 64.4 Å². The van der Waals surface area contributed by atoms with Gasteiger partial charge in [-0.25, -0.2) is 9.97 Å². The van der Waals surface area contributed by atoms with E-state index in [0.29, 0.717) is 0 Å². The molecule has 0 unspecified atom stereocenters. The fraction of sp³-hybridized carbons (Fsp3) is 0.458. The van der Waals surface area contributed by atoms with E-state index in [1.165, 1.54) is 34.2 Å². The number of aryl methyl sites for hydroxylation is 2. The van der Waals surface area contributed by atoms with Gasteiger partial charge in [-0.15, -0.1) is 11.3 Å². The van der Waals surface area contributed by atoms with Crippen LogP contribution in [-0.4, -0.2) is 35.5 Å². The second-order valence-corrected chi connectivity index (χ2v) is 9.99. The molecule has 30 heavy (non-hydrogen) atoms. The highest BCUT2D eigenvalue weighted by Crippen LogP contribution is 2.47. The molecule has 6 heteroatoms. The van der Waals surface area contributed by atoms with Gasteiger partial charge in [0.15, 0.2) is 0 Å². The Morgan fingerprint density at radius 1 is 1.17 bits per heavy atom. The van der Waals surface area contributed by atoms with Crippen LogP contribution in [-0.2, 0) is 10.2 Å². The topological polar surface area (TPSA) is 58.1 Å². The molecule has 0 atom stereocenters. The van der Waals surface area contributed by atoms with Gasteiger partial charge in [0, 0.05) is 35.8 Å². The molecule has 1 saturated heterocycles. The summed E-state index contributed by atoms with van der Waals surface area (Å²) in [7, 11) is 0. The summed E-state index contributed by atoms with van der Waals surface area (Å²) in [6.45, 7) is 6.78. The Bertz CT molecular complexity index is 1070. The van der Waals surface area contributed by atoms with Gasteiger partial charge >= 0.3 is 0 Å². The maximum absolute atomic E-state index is 12.9. The number of nitrogens with zero attached hydrogens (tertiary/aromatic N) is 3. The van der Waals surface area contributed by atoms with E-state index in [0.717, 1.165) is 43.1 Å². The molecule has 3 heterocycles. The third-order valence-corrected chi connectivity index (χ3v) is 8.07.